The molecule has 0 saturated heterocycles. The largest absolute Gasteiger partial charge is 0.444 e. The van der Waals surface area contributed by atoms with Gasteiger partial charge in [0.15, 0.2) is 0 Å². The highest BCUT2D eigenvalue weighted by atomic mass is 35.5. The Morgan fingerprint density at radius 1 is 1.38 bits per heavy atom. The summed E-state index contributed by atoms with van der Waals surface area (Å²) >= 11 is 7.36. The summed E-state index contributed by atoms with van der Waals surface area (Å²) in [6, 6.07) is 7.49. The Balaban J connectivity index is 1.86. The van der Waals surface area contributed by atoms with Crippen molar-refractivity contribution in [1.82, 2.24) is 10.3 Å². The van der Waals surface area contributed by atoms with E-state index < -0.39 is 0 Å². The van der Waals surface area contributed by atoms with Crippen LogP contribution >= 0.6 is 23.4 Å². The number of aromatic nitrogens is 1. The van der Waals surface area contributed by atoms with Crippen LogP contribution in [0, 0.1) is 0 Å². The van der Waals surface area contributed by atoms with Gasteiger partial charge in [-0.25, -0.2) is 4.98 Å². The van der Waals surface area contributed by atoms with E-state index in [1.165, 1.54) is 11.8 Å². The Labute approximate surface area is 133 Å². The molecule has 0 aliphatic carbocycles. The van der Waals surface area contributed by atoms with Gasteiger partial charge >= 0.3 is 0 Å². The minimum atomic E-state index is 0.0384. The number of benzene rings is 1. The van der Waals surface area contributed by atoms with Gasteiger partial charge in [0.05, 0.1) is 11.4 Å². The van der Waals surface area contributed by atoms with E-state index in [-0.39, 0.29) is 11.9 Å². The van der Waals surface area contributed by atoms with E-state index in [1.54, 1.807) is 18.4 Å². The normalized spacial score (nSPS) is 10.9. The highest BCUT2D eigenvalue weighted by Crippen LogP contribution is 2.22. The molecule has 1 aromatic heterocycles. The lowest BCUT2D eigenvalue weighted by atomic mass is 10.2. The second-order valence-corrected chi connectivity index (χ2v) is 6.29. The number of carbonyl (C=O) groups excluding carboxylic acids is 1. The van der Waals surface area contributed by atoms with Crippen molar-refractivity contribution in [3.05, 3.63) is 41.2 Å². The third kappa shape index (κ3) is 5.10. The summed E-state index contributed by atoms with van der Waals surface area (Å²) in [6.45, 7) is 3.89. The Morgan fingerprint density at radius 3 is 2.76 bits per heavy atom. The quantitative estimate of drug-likeness (QED) is 0.879. The Kier molecular flexibility index (Phi) is 5.70. The fourth-order valence-corrected chi connectivity index (χ4v) is 2.55. The number of oxazole rings is 1. The molecule has 0 aliphatic rings. The van der Waals surface area contributed by atoms with E-state index in [0.29, 0.717) is 22.4 Å². The monoisotopic (exact) mass is 324 g/mol. The number of nitrogens with one attached hydrogen (secondary N) is 1. The molecule has 1 amide bonds. The van der Waals surface area contributed by atoms with Gasteiger partial charge in [-0.2, -0.15) is 0 Å². The summed E-state index contributed by atoms with van der Waals surface area (Å²) in [5, 5.41) is 3.53. The standard InChI is InChI=1S/C15H17ClN2O2S/c1-10(2)17-14(19)9-21-8-13-7-20-15(18-13)11-3-5-12(16)6-4-11/h3-7,10H,8-9H2,1-2H3,(H,17,19). The van der Waals surface area contributed by atoms with Crippen molar-refractivity contribution in [2.45, 2.75) is 25.6 Å². The first-order valence-electron chi connectivity index (χ1n) is 6.62. The number of halogens is 1. The number of nitrogens with zero attached hydrogens (tertiary/aromatic N) is 1. The smallest absolute Gasteiger partial charge is 0.230 e. The van der Waals surface area contributed by atoms with Gasteiger partial charge in [-0.1, -0.05) is 11.6 Å². The van der Waals surface area contributed by atoms with E-state index in [0.717, 1.165) is 11.3 Å². The van der Waals surface area contributed by atoms with Crippen molar-refractivity contribution in [2.24, 2.45) is 0 Å². The lowest BCUT2D eigenvalue weighted by Crippen LogP contribution is -2.31. The molecular formula is C15H17ClN2O2S. The van der Waals surface area contributed by atoms with Gasteiger partial charge in [0, 0.05) is 22.4 Å². The van der Waals surface area contributed by atoms with Crippen molar-refractivity contribution in [2.75, 3.05) is 5.75 Å². The number of rotatable bonds is 6. The predicted molar refractivity (Wildman–Crippen MR) is 86.4 cm³/mol. The van der Waals surface area contributed by atoms with E-state index in [9.17, 15) is 4.79 Å². The molecule has 6 heteroatoms. The van der Waals surface area contributed by atoms with E-state index >= 15 is 0 Å². The van der Waals surface area contributed by atoms with Crippen molar-refractivity contribution in [1.29, 1.82) is 0 Å². The van der Waals surface area contributed by atoms with E-state index in [2.05, 4.69) is 10.3 Å². The van der Waals surface area contributed by atoms with Gasteiger partial charge in [-0.05, 0) is 38.1 Å². The first-order valence-corrected chi connectivity index (χ1v) is 8.15. The molecule has 21 heavy (non-hydrogen) atoms. The van der Waals surface area contributed by atoms with Crippen LogP contribution < -0.4 is 5.32 Å². The summed E-state index contributed by atoms with van der Waals surface area (Å²) in [7, 11) is 0. The summed E-state index contributed by atoms with van der Waals surface area (Å²) in [4.78, 5) is 15.9. The van der Waals surface area contributed by atoms with Crippen LogP contribution in [0.3, 0.4) is 0 Å². The van der Waals surface area contributed by atoms with Crippen molar-refractivity contribution in [3.63, 3.8) is 0 Å². The topological polar surface area (TPSA) is 55.1 Å². The fraction of sp³-hybridized carbons (Fsp3) is 0.333. The maximum absolute atomic E-state index is 11.5. The minimum absolute atomic E-state index is 0.0384. The zero-order valence-corrected chi connectivity index (χ0v) is 13.5. The van der Waals surface area contributed by atoms with Gasteiger partial charge in [0.2, 0.25) is 11.8 Å². The lowest BCUT2D eigenvalue weighted by molar-refractivity contribution is -0.119. The molecule has 0 spiro atoms. The second-order valence-electron chi connectivity index (χ2n) is 4.87. The van der Waals surface area contributed by atoms with Gasteiger partial charge < -0.3 is 9.73 Å². The average Bonchev–Trinajstić information content (AvgIpc) is 2.87. The van der Waals surface area contributed by atoms with Crippen LogP contribution in [0.1, 0.15) is 19.5 Å². The highest BCUT2D eigenvalue weighted by Gasteiger charge is 2.08. The Hall–Kier alpha value is -1.46. The molecule has 2 rings (SSSR count). The molecular weight excluding hydrogens is 308 g/mol. The molecule has 0 unspecified atom stereocenters. The van der Waals surface area contributed by atoms with Gasteiger partial charge in [-0.3, -0.25) is 4.79 Å². The Bertz CT molecular complexity index is 596. The first kappa shape index (κ1) is 15.9. The van der Waals surface area contributed by atoms with Gasteiger partial charge in [0.25, 0.3) is 0 Å². The van der Waals surface area contributed by atoms with Crippen LogP contribution in [0.5, 0.6) is 0 Å². The van der Waals surface area contributed by atoms with E-state index in [4.69, 9.17) is 16.0 Å². The average molecular weight is 325 g/mol. The van der Waals surface area contributed by atoms with Crippen LogP contribution in [-0.4, -0.2) is 22.7 Å². The van der Waals surface area contributed by atoms with Crippen molar-refractivity contribution in [3.8, 4) is 11.5 Å². The number of carbonyl (C=O) groups is 1. The summed E-state index contributed by atoms with van der Waals surface area (Å²) in [5.74, 6) is 1.66. The molecule has 0 saturated carbocycles. The number of hydrogen-bond acceptors (Lipinski definition) is 4. The minimum Gasteiger partial charge on any atom is -0.444 e. The molecule has 0 atom stereocenters. The molecule has 0 bridgehead atoms. The molecule has 0 fully saturated rings. The van der Waals surface area contributed by atoms with Gasteiger partial charge in [-0.15, -0.1) is 11.8 Å². The second kappa shape index (κ2) is 7.52. The summed E-state index contributed by atoms with van der Waals surface area (Å²) in [5.41, 5.74) is 1.70. The predicted octanol–water partition coefficient (Wildman–Crippen LogP) is 3.75. The fourth-order valence-electron chi connectivity index (χ4n) is 1.71. The molecule has 0 aliphatic heterocycles. The summed E-state index contributed by atoms with van der Waals surface area (Å²) < 4.78 is 5.44. The van der Waals surface area contributed by atoms with E-state index in [1.807, 2.05) is 26.0 Å². The van der Waals surface area contributed by atoms with Crippen LogP contribution in [-0.2, 0) is 10.5 Å². The van der Waals surface area contributed by atoms with Crippen LogP contribution in [0.15, 0.2) is 34.9 Å². The SMILES string of the molecule is CC(C)NC(=O)CSCc1coc(-c2ccc(Cl)cc2)n1. The van der Waals surface area contributed by atoms with Gasteiger partial charge in [0.1, 0.15) is 6.26 Å². The van der Waals surface area contributed by atoms with Crippen molar-refractivity contribution >= 4 is 29.3 Å². The maximum Gasteiger partial charge on any atom is 0.230 e. The molecule has 1 heterocycles. The molecule has 1 N–H and O–H groups in total. The zero-order valence-electron chi connectivity index (χ0n) is 11.9. The first-order chi connectivity index (χ1) is 10.0. The third-order valence-electron chi connectivity index (χ3n) is 2.58. The zero-order chi connectivity index (χ0) is 15.2. The number of amides is 1. The number of hydrogen-bond donors (Lipinski definition) is 1. The van der Waals surface area contributed by atoms with Crippen LogP contribution in [0.2, 0.25) is 5.02 Å². The molecule has 2 aromatic rings. The van der Waals surface area contributed by atoms with Crippen LogP contribution in [0.4, 0.5) is 0 Å². The van der Waals surface area contributed by atoms with Crippen molar-refractivity contribution < 1.29 is 9.21 Å². The third-order valence-corrected chi connectivity index (χ3v) is 3.79. The maximum atomic E-state index is 11.5. The number of thioether (sulfide) groups is 1. The summed E-state index contributed by atoms with van der Waals surface area (Å²) in [6.07, 6.45) is 1.62. The Morgan fingerprint density at radius 2 is 2.10 bits per heavy atom. The lowest BCUT2D eigenvalue weighted by Gasteiger charge is -2.06. The van der Waals surface area contributed by atoms with Crippen LogP contribution in [0.25, 0.3) is 11.5 Å². The molecule has 112 valence electrons. The highest BCUT2D eigenvalue weighted by molar-refractivity contribution is 7.99. The molecule has 4 nitrogen and oxygen atoms in total. The molecule has 0 radical (unpaired) electrons. The molecule has 1 aromatic carbocycles.